The van der Waals surface area contributed by atoms with Crippen molar-refractivity contribution in [3.63, 3.8) is 0 Å². The van der Waals surface area contributed by atoms with Crippen molar-refractivity contribution >= 4 is 0 Å². The van der Waals surface area contributed by atoms with Crippen molar-refractivity contribution in [2.75, 3.05) is 13.1 Å². The van der Waals surface area contributed by atoms with Gasteiger partial charge in [-0.2, -0.15) is 0 Å². The second-order valence-electron chi connectivity index (χ2n) is 5.29. The van der Waals surface area contributed by atoms with Crippen LogP contribution >= 0.6 is 0 Å². The molecule has 94 valence electrons. The topological polar surface area (TPSA) is 21.3 Å². The maximum absolute atomic E-state index is 6.32. The summed E-state index contributed by atoms with van der Waals surface area (Å²) in [5, 5.41) is 3.51. The minimum atomic E-state index is -0.0139. The second kappa shape index (κ2) is 5.19. The van der Waals surface area contributed by atoms with Crippen LogP contribution in [0.25, 0.3) is 0 Å². The van der Waals surface area contributed by atoms with Gasteiger partial charge in [-0.15, -0.1) is 0 Å². The first-order valence-corrected chi connectivity index (χ1v) is 6.59. The van der Waals surface area contributed by atoms with Crippen LogP contribution in [0.3, 0.4) is 0 Å². The van der Waals surface area contributed by atoms with Crippen molar-refractivity contribution in [3.05, 3.63) is 35.4 Å². The van der Waals surface area contributed by atoms with Gasteiger partial charge in [0.2, 0.25) is 0 Å². The lowest BCUT2D eigenvalue weighted by molar-refractivity contribution is -0.112. The smallest absolute Gasteiger partial charge is 0.0959 e. The predicted octanol–water partition coefficient (Wildman–Crippen LogP) is 3.21. The Kier molecular flexibility index (Phi) is 3.85. The molecule has 2 atom stereocenters. The molecule has 1 aromatic rings. The lowest BCUT2D eigenvalue weighted by Gasteiger charge is -2.40. The molecule has 0 aliphatic carbocycles. The van der Waals surface area contributed by atoms with Gasteiger partial charge in [0, 0.05) is 13.1 Å². The molecule has 1 aromatic carbocycles. The minimum Gasteiger partial charge on any atom is -0.365 e. The fourth-order valence-electron chi connectivity index (χ4n) is 2.69. The third-order valence-electron chi connectivity index (χ3n) is 3.57. The lowest BCUT2D eigenvalue weighted by atomic mass is 9.95. The summed E-state index contributed by atoms with van der Waals surface area (Å²) in [5.74, 6) is 0. The first kappa shape index (κ1) is 12.6. The average molecular weight is 233 g/mol. The summed E-state index contributed by atoms with van der Waals surface area (Å²) in [7, 11) is 0. The molecule has 2 heteroatoms. The van der Waals surface area contributed by atoms with E-state index in [0.717, 1.165) is 19.5 Å². The molecule has 0 bridgehead atoms. The van der Waals surface area contributed by atoms with E-state index in [1.54, 1.807) is 0 Å². The van der Waals surface area contributed by atoms with E-state index in [1.165, 1.54) is 17.5 Å². The molecule has 1 N–H and O–H groups in total. The first-order chi connectivity index (χ1) is 8.14. The molecule has 1 saturated heterocycles. The molecular weight excluding hydrogens is 210 g/mol. The highest BCUT2D eigenvalue weighted by atomic mass is 16.5. The molecule has 2 rings (SSSR count). The molecule has 2 unspecified atom stereocenters. The van der Waals surface area contributed by atoms with Crippen LogP contribution in [-0.2, 0) is 4.74 Å². The molecular formula is C15H23NO. The Morgan fingerprint density at radius 2 is 2.18 bits per heavy atom. The molecule has 0 spiro atoms. The fraction of sp³-hybridized carbons (Fsp3) is 0.600. The van der Waals surface area contributed by atoms with E-state index in [-0.39, 0.29) is 11.7 Å². The molecule has 1 aliphatic rings. The summed E-state index contributed by atoms with van der Waals surface area (Å²) < 4.78 is 6.32. The number of aryl methyl sites for hydroxylation is 1. The van der Waals surface area contributed by atoms with Gasteiger partial charge in [0.05, 0.1) is 11.7 Å². The molecule has 0 radical (unpaired) electrons. The van der Waals surface area contributed by atoms with Gasteiger partial charge in [-0.25, -0.2) is 0 Å². The zero-order chi connectivity index (χ0) is 12.3. The number of ether oxygens (including phenoxy) is 1. The van der Waals surface area contributed by atoms with Crippen molar-refractivity contribution in [1.82, 2.24) is 5.32 Å². The van der Waals surface area contributed by atoms with Crippen LogP contribution in [0.5, 0.6) is 0 Å². The van der Waals surface area contributed by atoms with Crippen LogP contribution in [0.2, 0.25) is 0 Å². The van der Waals surface area contributed by atoms with Gasteiger partial charge < -0.3 is 10.1 Å². The Labute approximate surface area is 104 Å². The van der Waals surface area contributed by atoms with Gasteiger partial charge in [0.1, 0.15) is 0 Å². The standard InChI is InChI=1S/C15H23NO/c1-4-9-15(3)11-16-10-14(17-15)13-8-6-5-7-12(13)2/h5-8,14,16H,4,9-11H2,1-3H3. The Hall–Kier alpha value is -0.860. The maximum Gasteiger partial charge on any atom is 0.0959 e. The van der Waals surface area contributed by atoms with Crippen LogP contribution in [0, 0.1) is 6.92 Å². The minimum absolute atomic E-state index is 0.0139. The highest BCUT2D eigenvalue weighted by Crippen LogP contribution is 2.31. The van der Waals surface area contributed by atoms with Crippen LogP contribution < -0.4 is 5.32 Å². The molecule has 17 heavy (non-hydrogen) atoms. The van der Waals surface area contributed by atoms with Gasteiger partial charge in [0.15, 0.2) is 0 Å². The van der Waals surface area contributed by atoms with Gasteiger partial charge in [-0.3, -0.25) is 0 Å². The fourth-order valence-corrected chi connectivity index (χ4v) is 2.69. The van der Waals surface area contributed by atoms with E-state index in [4.69, 9.17) is 4.74 Å². The molecule has 1 heterocycles. The summed E-state index contributed by atoms with van der Waals surface area (Å²) in [6.07, 6.45) is 2.47. The zero-order valence-electron chi connectivity index (χ0n) is 11.1. The van der Waals surface area contributed by atoms with Crippen LogP contribution in [0.4, 0.5) is 0 Å². The van der Waals surface area contributed by atoms with Gasteiger partial charge in [0.25, 0.3) is 0 Å². The van der Waals surface area contributed by atoms with Gasteiger partial charge in [-0.05, 0) is 31.4 Å². The number of hydrogen-bond acceptors (Lipinski definition) is 2. The summed E-state index contributed by atoms with van der Waals surface area (Å²) in [4.78, 5) is 0. The SMILES string of the molecule is CCCC1(C)CNCC(c2ccccc2C)O1. The summed E-state index contributed by atoms with van der Waals surface area (Å²) >= 11 is 0. The van der Waals surface area contributed by atoms with Crippen molar-refractivity contribution in [2.45, 2.75) is 45.3 Å². The van der Waals surface area contributed by atoms with Crippen molar-refractivity contribution in [1.29, 1.82) is 0 Å². The number of benzene rings is 1. The molecule has 2 nitrogen and oxygen atoms in total. The first-order valence-electron chi connectivity index (χ1n) is 6.59. The highest BCUT2D eigenvalue weighted by molar-refractivity contribution is 5.28. The molecule has 1 fully saturated rings. The number of hydrogen-bond donors (Lipinski definition) is 1. The molecule has 0 aromatic heterocycles. The number of rotatable bonds is 3. The van der Waals surface area contributed by atoms with Crippen molar-refractivity contribution in [3.8, 4) is 0 Å². The summed E-state index contributed by atoms with van der Waals surface area (Å²) in [5.41, 5.74) is 2.63. The summed E-state index contributed by atoms with van der Waals surface area (Å²) in [6.45, 7) is 8.47. The Bertz CT molecular complexity index is 373. The second-order valence-corrected chi connectivity index (χ2v) is 5.29. The quantitative estimate of drug-likeness (QED) is 0.865. The molecule has 0 saturated carbocycles. The van der Waals surface area contributed by atoms with Crippen LogP contribution in [0.1, 0.15) is 43.9 Å². The van der Waals surface area contributed by atoms with E-state index in [0.29, 0.717) is 0 Å². The number of nitrogens with one attached hydrogen (secondary N) is 1. The average Bonchev–Trinajstić information content (AvgIpc) is 2.29. The van der Waals surface area contributed by atoms with Crippen molar-refractivity contribution < 1.29 is 4.74 Å². The third-order valence-corrected chi connectivity index (χ3v) is 3.57. The Morgan fingerprint density at radius 1 is 1.41 bits per heavy atom. The third kappa shape index (κ3) is 2.88. The summed E-state index contributed by atoms with van der Waals surface area (Å²) in [6, 6.07) is 8.52. The van der Waals surface area contributed by atoms with Crippen molar-refractivity contribution in [2.24, 2.45) is 0 Å². The maximum atomic E-state index is 6.32. The highest BCUT2D eigenvalue weighted by Gasteiger charge is 2.32. The van der Waals surface area contributed by atoms with E-state index < -0.39 is 0 Å². The van der Waals surface area contributed by atoms with E-state index in [2.05, 4.69) is 50.4 Å². The zero-order valence-corrected chi connectivity index (χ0v) is 11.1. The largest absolute Gasteiger partial charge is 0.365 e. The lowest BCUT2D eigenvalue weighted by Crippen LogP contribution is -2.48. The van der Waals surface area contributed by atoms with Gasteiger partial charge in [-0.1, -0.05) is 37.6 Å². The Balaban J connectivity index is 2.15. The van der Waals surface area contributed by atoms with E-state index >= 15 is 0 Å². The molecule has 1 aliphatic heterocycles. The normalized spacial score (nSPS) is 29.2. The van der Waals surface area contributed by atoms with Crippen LogP contribution in [0.15, 0.2) is 24.3 Å². The number of morpholine rings is 1. The Morgan fingerprint density at radius 3 is 2.88 bits per heavy atom. The van der Waals surface area contributed by atoms with Crippen LogP contribution in [-0.4, -0.2) is 18.7 Å². The van der Waals surface area contributed by atoms with E-state index in [1.807, 2.05) is 0 Å². The molecule has 0 amide bonds. The van der Waals surface area contributed by atoms with E-state index in [9.17, 15) is 0 Å². The predicted molar refractivity (Wildman–Crippen MR) is 71.2 cm³/mol. The monoisotopic (exact) mass is 233 g/mol. The van der Waals surface area contributed by atoms with Gasteiger partial charge >= 0.3 is 0 Å².